The lowest BCUT2D eigenvalue weighted by Crippen LogP contribution is -2.01. The smallest absolute Gasteiger partial charge is 0.164 e. The fraction of sp³-hybridized carbons (Fsp3) is 0. The Bertz CT molecular complexity index is 2540. The lowest BCUT2D eigenvalue weighted by molar-refractivity contribution is 0.669. The normalized spacial score (nSPS) is 11.3. The van der Waals surface area contributed by atoms with Crippen molar-refractivity contribution in [1.82, 2.24) is 15.0 Å². The number of para-hydroxylation sites is 1. The molecule has 4 nitrogen and oxygen atoms in total. The van der Waals surface area contributed by atoms with Crippen molar-refractivity contribution in [3.63, 3.8) is 0 Å². The Balaban J connectivity index is 1.27. The van der Waals surface area contributed by atoms with Gasteiger partial charge in [0.05, 0.1) is 0 Å². The molecule has 9 aromatic rings. The largest absolute Gasteiger partial charge is 0.456 e. The Kier molecular flexibility index (Phi) is 7.10. The Morgan fingerprint density at radius 2 is 0.694 bits per heavy atom. The summed E-state index contributed by atoms with van der Waals surface area (Å²) in [5.41, 5.74) is 11.1. The first-order valence-electron chi connectivity index (χ1n) is 16.4. The molecule has 0 aliphatic heterocycles. The van der Waals surface area contributed by atoms with Crippen LogP contribution in [0.4, 0.5) is 0 Å². The van der Waals surface area contributed by atoms with Crippen LogP contribution in [0.25, 0.3) is 89.5 Å². The third-order valence-electron chi connectivity index (χ3n) is 8.90. The highest BCUT2D eigenvalue weighted by atomic mass is 16.3. The van der Waals surface area contributed by atoms with E-state index in [1.807, 2.05) is 48.5 Å². The van der Waals surface area contributed by atoms with E-state index < -0.39 is 0 Å². The molecule has 7 aromatic carbocycles. The van der Waals surface area contributed by atoms with Crippen molar-refractivity contribution < 1.29 is 4.42 Å². The molecule has 0 saturated carbocycles. The van der Waals surface area contributed by atoms with E-state index in [0.717, 1.165) is 72.0 Å². The van der Waals surface area contributed by atoms with Gasteiger partial charge in [-0.1, -0.05) is 127 Å². The number of hydrogen-bond acceptors (Lipinski definition) is 4. The van der Waals surface area contributed by atoms with Gasteiger partial charge in [-0.05, 0) is 81.9 Å². The summed E-state index contributed by atoms with van der Waals surface area (Å²) in [6.45, 7) is 0. The number of rotatable bonds is 6. The van der Waals surface area contributed by atoms with Gasteiger partial charge in [0.1, 0.15) is 11.2 Å². The Hall–Kier alpha value is -6.65. The average Bonchev–Trinajstić information content (AvgIpc) is 3.57. The van der Waals surface area contributed by atoms with Crippen LogP contribution >= 0.6 is 0 Å². The van der Waals surface area contributed by atoms with Gasteiger partial charge >= 0.3 is 0 Å². The number of aromatic nitrogens is 3. The van der Waals surface area contributed by atoms with E-state index in [0.29, 0.717) is 17.5 Å². The topological polar surface area (TPSA) is 51.8 Å². The molecule has 230 valence electrons. The SMILES string of the molecule is c1ccc(-c2cccc(-c3nc(-c4cc(-c5ccccc5)cc(-c5ccccc5)c4)nc(-c4ccc5oc6ccccc6c5c4)n3)c2)cc1. The molecular weight excluding hydrogens is 599 g/mol. The summed E-state index contributed by atoms with van der Waals surface area (Å²) >= 11 is 0. The fourth-order valence-electron chi connectivity index (χ4n) is 6.45. The van der Waals surface area contributed by atoms with Crippen LogP contribution in [0.1, 0.15) is 0 Å². The maximum atomic E-state index is 6.14. The predicted octanol–water partition coefficient (Wildman–Crippen LogP) is 11.8. The van der Waals surface area contributed by atoms with E-state index in [1.165, 1.54) is 0 Å². The minimum atomic E-state index is 0.601. The van der Waals surface area contributed by atoms with Crippen molar-refractivity contribution in [2.24, 2.45) is 0 Å². The Morgan fingerprint density at radius 3 is 1.33 bits per heavy atom. The van der Waals surface area contributed by atoms with Crippen LogP contribution in [0.5, 0.6) is 0 Å². The van der Waals surface area contributed by atoms with E-state index in [1.54, 1.807) is 0 Å². The summed E-state index contributed by atoms with van der Waals surface area (Å²) < 4.78 is 6.14. The Morgan fingerprint density at radius 1 is 0.265 bits per heavy atom. The van der Waals surface area contributed by atoms with Gasteiger partial charge in [0.25, 0.3) is 0 Å². The molecule has 0 fully saturated rings. The van der Waals surface area contributed by atoms with Crippen molar-refractivity contribution in [2.75, 3.05) is 0 Å². The van der Waals surface area contributed by atoms with Crippen LogP contribution in [-0.4, -0.2) is 15.0 Å². The second-order valence-corrected chi connectivity index (χ2v) is 12.1. The van der Waals surface area contributed by atoms with Crippen LogP contribution in [0.2, 0.25) is 0 Å². The third kappa shape index (κ3) is 5.56. The van der Waals surface area contributed by atoms with Gasteiger partial charge in [0.15, 0.2) is 17.5 Å². The molecule has 0 atom stereocenters. The lowest BCUT2D eigenvalue weighted by Gasteiger charge is -2.13. The molecule has 0 spiro atoms. The summed E-state index contributed by atoms with van der Waals surface area (Å²) in [6.07, 6.45) is 0. The van der Waals surface area contributed by atoms with E-state index in [-0.39, 0.29) is 0 Å². The molecule has 4 heteroatoms. The minimum absolute atomic E-state index is 0.601. The summed E-state index contributed by atoms with van der Waals surface area (Å²) in [6, 6.07) is 60.6. The van der Waals surface area contributed by atoms with Crippen molar-refractivity contribution in [3.05, 3.63) is 176 Å². The zero-order chi connectivity index (χ0) is 32.6. The highest BCUT2D eigenvalue weighted by Gasteiger charge is 2.17. The van der Waals surface area contributed by atoms with Crippen LogP contribution < -0.4 is 0 Å². The average molecular weight is 628 g/mol. The van der Waals surface area contributed by atoms with Gasteiger partial charge in [-0.25, -0.2) is 15.0 Å². The molecule has 0 saturated heterocycles. The second-order valence-electron chi connectivity index (χ2n) is 12.1. The number of fused-ring (bicyclic) bond motifs is 3. The standard InChI is InChI=1S/C45H29N3O/c1-4-13-30(14-5-1)33-19-12-20-34(25-33)43-46-44(35-23-24-42-40(29-35)39-21-10-11-22-41(39)49-42)48-45(47-43)38-27-36(31-15-6-2-7-16-31)26-37(28-38)32-17-8-3-9-18-32/h1-29H. The first-order chi connectivity index (χ1) is 24.2. The van der Waals surface area contributed by atoms with Crippen molar-refractivity contribution in [2.45, 2.75) is 0 Å². The molecule has 0 radical (unpaired) electrons. The first-order valence-corrected chi connectivity index (χ1v) is 16.4. The Labute approximate surface area is 284 Å². The lowest BCUT2D eigenvalue weighted by atomic mass is 9.96. The van der Waals surface area contributed by atoms with E-state index in [2.05, 4.69) is 127 Å². The predicted molar refractivity (Wildman–Crippen MR) is 200 cm³/mol. The number of nitrogens with zero attached hydrogens (tertiary/aromatic N) is 3. The highest BCUT2D eigenvalue weighted by Crippen LogP contribution is 2.35. The number of hydrogen-bond donors (Lipinski definition) is 0. The van der Waals surface area contributed by atoms with Crippen molar-refractivity contribution >= 4 is 21.9 Å². The molecule has 0 N–H and O–H groups in total. The zero-order valence-electron chi connectivity index (χ0n) is 26.5. The minimum Gasteiger partial charge on any atom is -0.456 e. The summed E-state index contributed by atoms with van der Waals surface area (Å²) in [5, 5.41) is 2.09. The molecule has 0 aliphatic rings. The van der Waals surface area contributed by atoms with E-state index in [4.69, 9.17) is 19.4 Å². The van der Waals surface area contributed by atoms with Gasteiger partial charge in [0, 0.05) is 27.5 Å². The molecule has 0 aliphatic carbocycles. The third-order valence-corrected chi connectivity index (χ3v) is 8.90. The molecular formula is C45H29N3O. The van der Waals surface area contributed by atoms with Gasteiger partial charge in [-0.3, -0.25) is 0 Å². The van der Waals surface area contributed by atoms with E-state index in [9.17, 15) is 0 Å². The molecule has 2 aromatic heterocycles. The van der Waals surface area contributed by atoms with Gasteiger partial charge in [0.2, 0.25) is 0 Å². The van der Waals surface area contributed by atoms with Crippen LogP contribution in [0.15, 0.2) is 180 Å². The van der Waals surface area contributed by atoms with Crippen LogP contribution in [-0.2, 0) is 0 Å². The van der Waals surface area contributed by atoms with Crippen molar-refractivity contribution in [1.29, 1.82) is 0 Å². The molecule has 9 rings (SSSR count). The van der Waals surface area contributed by atoms with Crippen LogP contribution in [0.3, 0.4) is 0 Å². The maximum absolute atomic E-state index is 6.14. The molecule has 0 unspecified atom stereocenters. The van der Waals surface area contributed by atoms with Gasteiger partial charge in [-0.15, -0.1) is 0 Å². The van der Waals surface area contributed by atoms with Crippen LogP contribution in [0, 0.1) is 0 Å². The van der Waals surface area contributed by atoms with Crippen molar-refractivity contribution in [3.8, 4) is 67.5 Å². The highest BCUT2D eigenvalue weighted by molar-refractivity contribution is 6.06. The number of furan rings is 1. The number of benzene rings is 7. The maximum Gasteiger partial charge on any atom is 0.164 e. The summed E-state index contributed by atoms with van der Waals surface area (Å²) in [5.74, 6) is 1.82. The quantitative estimate of drug-likeness (QED) is 0.184. The zero-order valence-corrected chi connectivity index (χ0v) is 26.5. The summed E-state index contributed by atoms with van der Waals surface area (Å²) in [4.78, 5) is 15.4. The van der Waals surface area contributed by atoms with Gasteiger partial charge in [-0.2, -0.15) is 0 Å². The molecule has 2 heterocycles. The van der Waals surface area contributed by atoms with E-state index >= 15 is 0 Å². The summed E-state index contributed by atoms with van der Waals surface area (Å²) in [7, 11) is 0. The fourth-order valence-corrected chi connectivity index (χ4v) is 6.45. The molecule has 0 amide bonds. The monoisotopic (exact) mass is 627 g/mol. The second kappa shape index (κ2) is 12.2. The molecule has 0 bridgehead atoms. The first kappa shape index (κ1) is 28.6. The molecule has 49 heavy (non-hydrogen) atoms. The van der Waals surface area contributed by atoms with Gasteiger partial charge < -0.3 is 4.42 Å².